The summed E-state index contributed by atoms with van der Waals surface area (Å²) in [5.74, 6) is 0.0381. The normalized spacial score (nSPS) is 25.4. The maximum atomic E-state index is 11.8. The summed E-state index contributed by atoms with van der Waals surface area (Å²) < 4.78 is 0. The summed E-state index contributed by atoms with van der Waals surface area (Å²) in [5.41, 5.74) is 6.22. The van der Waals surface area contributed by atoms with Crippen molar-refractivity contribution in [2.45, 2.75) is 71.4 Å². The molecule has 0 aromatic carbocycles. The van der Waals surface area contributed by atoms with Crippen LogP contribution >= 0.6 is 0 Å². The van der Waals surface area contributed by atoms with Crippen LogP contribution in [0.1, 0.15) is 59.3 Å². The van der Waals surface area contributed by atoms with Crippen molar-refractivity contribution in [1.29, 1.82) is 0 Å². The molecular formula is C13H26N2O. The molecule has 94 valence electrons. The fourth-order valence-corrected chi connectivity index (χ4v) is 2.42. The molecule has 0 saturated heterocycles. The first-order chi connectivity index (χ1) is 7.44. The largest absolute Gasteiger partial charge is 0.352 e. The minimum absolute atomic E-state index is 0.0381. The van der Waals surface area contributed by atoms with Crippen LogP contribution < -0.4 is 11.1 Å². The van der Waals surface area contributed by atoms with Crippen molar-refractivity contribution >= 4 is 5.91 Å². The number of nitrogens with one attached hydrogen (secondary N) is 1. The van der Waals surface area contributed by atoms with Crippen LogP contribution in [-0.2, 0) is 4.79 Å². The molecule has 0 bridgehead atoms. The minimum Gasteiger partial charge on any atom is -0.352 e. The maximum Gasteiger partial charge on any atom is 0.237 e. The van der Waals surface area contributed by atoms with E-state index in [0.717, 1.165) is 32.1 Å². The third-order valence-electron chi connectivity index (χ3n) is 3.52. The number of hydrogen-bond donors (Lipinski definition) is 2. The molecular weight excluding hydrogens is 200 g/mol. The summed E-state index contributed by atoms with van der Waals surface area (Å²) in [4.78, 5) is 11.8. The fourth-order valence-electron chi connectivity index (χ4n) is 2.42. The summed E-state index contributed by atoms with van der Waals surface area (Å²) in [6, 6.07) is 0.0267. The van der Waals surface area contributed by atoms with E-state index in [2.05, 4.69) is 26.1 Å². The number of hydrogen-bond acceptors (Lipinski definition) is 2. The van der Waals surface area contributed by atoms with E-state index < -0.39 is 0 Å². The molecule has 1 fully saturated rings. The molecule has 3 N–H and O–H groups in total. The molecule has 2 unspecified atom stereocenters. The molecule has 0 aromatic rings. The lowest BCUT2D eigenvalue weighted by molar-refractivity contribution is -0.123. The zero-order valence-corrected chi connectivity index (χ0v) is 10.9. The number of carbonyl (C=O) groups is 1. The first-order valence-electron chi connectivity index (χ1n) is 6.50. The van der Waals surface area contributed by atoms with Crippen LogP contribution in [0.25, 0.3) is 0 Å². The molecule has 1 aliphatic rings. The van der Waals surface area contributed by atoms with Crippen molar-refractivity contribution in [2.75, 3.05) is 0 Å². The molecule has 2 atom stereocenters. The van der Waals surface area contributed by atoms with E-state index >= 15 is 0 Å². The van der Waals surface area contributed by atoms with Crippen LogP contribution in [0.5, 0.6) is 0 Å². The van der Waals surface area contributed by atoms with E-state index in [9.17, 15) is 4.79 Å². The number of unbranched alkanes of at least 4 members (excludes halogenated alkanes) is 1. The second kappa shape index (κ2) is 5.67. The molecule has 1 amide bonds. The van der Waals surface area contributed by atoms with Gasteiger partial charge in [0.1, 0.15) is 0 Å². The SMILES string of the molecule is CCCCC(N)C(=O)NC1CCC(C)(C)C1. The molecule has 0 heterocycles. The predicted octanol–water partition coefficient (Wildman–Crippen LogP) is 2.20. The second-order valence-electron chi connectivity index (χ2n) is 5.86. The van der Waals surface area contributed by atoms with Gasteiger partial charge in [0.25, 0.3) is 0 Å². The van der Waals surface area contributed by atoms with E-state index in [1.807, 2.05) is 0 Å². The van der Waals surface area contributed by atoms with Gasteiger partial charge in [0, 0.05) is 6.04 Å². The molecule has 16 heavy (non-hydrogen) atoms. The maximum absolute atomic E-state index is 11.8. The van der Waals surface area contributed by atoms with E-state index in [4.69, 9.17) is 5.73 Å². The first kappa shape index (κ1) is 13.5. The Balaban J connectivity index is 2.29. The van der Waals surface area contributed by atoms with Gasteiger partial charge in [-0.25, -0.2) is 0 Å². The highest BCUT2D eigenvalue weighted by Crippen LogP contribution is 2.36. The van der Waals surface area contributed by atoms with Crippen molar-refractivity contribution in [3.63, 3.8) is 0 Å². The van der Waals surface area contributed by atoms with Crippen molar-refractivity contribution in [1.82, 2.24) is 5.32 Å². The van der Waals surface area contributed by atoms with Crippen LogP contribution in [0.4, 0.5) is 0 Å². The van der Waals surface area contributed by atoms with Crippen LogP contribution in [0.3, 0.4) is 0 Å². The van der Waals surface area contributed by atoms with E-state index in [1.54, 1.807) is 0 Å². The van der Waals surface area contributed by atoms with Gasteiger partial charge in [0.2, 0.25) is 5.91 Å². The van der Waals surface area contributed by atoms with Gasteiger partial charge in [-0.2, -0.15) is 0 Å². The molecule has 1 rings (SSSR count). The Bertz CT molecular complexity index is 238. The van der Waals surface area contributed by atoms with Crippen LogP contribution in [0.2, 0.25) is 0 Å². The fraction of sp³-hybridized carbons (Fsp3) is 0.923. The topological polar surface area (TPSA) is 55.1 Å². The van der Waals surface area contributed by atoms with Crippen molar-refractivity contribution in [3.05, 3.63) is 0 Å². The molecule has 1 saturated carbocycles. The van der Waals surface area contributed by atoms with E-state index in [-0.39, 0.29) is 11.9 Å². The molecule has 3 nitrogen and oxygen atoms in total. The number of amides is 1. The van der Waals surface area contributed by atoms with E-state index in [1.165, 1.54) is 6.42 Å². The average Bonchev–Trinajstić information content (AvgIpc) is 2.54. The molecule has 0 radical (unpaired) electrons. The van der Waals surface area contributed by atoms with Gasteiger partial charge in [-0.1, -0.05) is 33.6 Å². The highest BCUT2D eigenvalue weighted by atomic mass is 16.2. The van der Waals surface area contributed by atoms with Crippen molar-refractivity contribution < 1.29 is 4.79 Å². The third kappa shape index (κ3) is 4.12. The number of rotatable bonds is 5. The summed E-state index contributed by atoms with van der Waals surface area (Å²) in [7, 11) is 0. The van der Waals surface area contributed by atoms with Gasteiger partial charge in [0.15, 0.2) is 0 Å². The quantitative estimate of drug-likeness (QED) is 0.755. The minimum atomic E-state index is -0.316. The first-order valence-corrected chi connectivity index (χ1v) is 6.50. The van der Waals surface area contributed by atoms with Gasteiger partial charge in [0.05, 0.1) is 6.04 Å². The Morgan fingerprint density at radius 2 is 2.25 bits per heavy atom. The lowest BCUT2D eigenvalue weighted by atomic mass is 9.92. The summed E-state index contributed by atoms with van der Waals surface area (Å²) in [5, 5.41) is 3.08. The van der Waals surface area contributed by atoms with Crippen LogP contribution in [-0.4, -0.2) is 18.0 Å². The Kier molecular flexibility index (Phi) is 4.78. The summed E-state index contributed by atoms with van der Waals surface area (Å²) >= 11 is 0. The molecule has 3 heteroatoms. The van der Waals surface area contributed by atoms with Crippen molar-refractivity contribution in [3.8, 4) is 0 Å². The second-order valence-corrected chi connectivity index (χ2v) is 5.86. The summed E-state index contributed by atoms with van der Waals surface area (Å²) in [6.45, 7) is 6.64. The Labute approximate surface area is 99.2 Å². The van der Waals surface area contributed by atoms with Crippen LogP contribution in [0.15, 0.2) is 0 Å². The monoisotopic (exact) mass is 226 g/mol. The van der Waals surface area contributed by atoms with Gasteiger partial charge < -0.3 is 11.1 Å². The molecule has 0 spiro atoms. The number of carbonyl (C=O) groups excluding carboxylic acids is 1. The summed E-state index contributed by atoms with van der Waals surface area (Å²) in [6.07, 6.45) is 6.31. The van der Waals surface area contributed by atoms with Gasteiger partial charge in [-0.15, -0.1) is 0 Å². The average molecular weight is 226 g/mol. The van der Waals surface area contributed by atoms with Crippen LogP contribution in [0, 0.1) is 5.41 Å². The van der Waals surface area contributed by atoms with Gasteiger partial charge >= 0.3 is 0 Å². The van der Waals surface area contributed by atoms with Gasteiger partial charge in [-0.3, -0.25) is 4.79 Å². The highest BCUT2D eigenvalue weighted by molar-refractivity contribution is 5.81. The van der Waals surface area contributed by atoms with Gasteiger partial charge in [-0.05, 0) is 31.1 Å². The zero-order chi connectivity index (χ0) is 12.2. The smallest absolute Gasteiger partial charge is 0.237 e. The number of nitrogens with two attached hydrogens (primary N) is 1. The Hall–Kier alpha value is -0.570. The van der Waals surface area contributed by atoms with Crippen molar-refractivity contribution in [2.24, 2.45) is 11.1 Å². The third-order valence-corrected chi connectivity index (χ3v) is 3.52. The van der Waals surface area contributed by atoms with E-state index in [0.29, 0.717) is 11.5 Å². The lowest BCUT2D eigenvalue weighted by Crippen LogP contribution is -2.44. The molecule has 0 aromatic heterocycles. The predicted molar refractivity (Wildman–Crippen MR) is 67.1 cm³/mol. The molecule has 1 aliphatic carbocycles. The Morgan fingerprint density at radius 1 is 1.56 bits per heavy atom. The standard InChI is InChI=1S/C13H26N2O/c1-4-5-6-11(14)12(16)15-10-7-8-13(2,3)9-10/h10-11H,4-9,14H2,1-3H3,(H,15,16). The molecule has 0 aliphatic heterocycles. The lowest BCUT2D eigenvalue weighted by Gasteiger charge is -2.19. The highest BCUT2D eigenvalue weighted by Gasteiger charge is 2.32. The zero-order valence-electron chi connectivity index (χ0n) is 10.9. The Morgan fingerprint density at radius 3 is 2.75 bits per heavy atom.